The molecule has 1 aromatic carbocycles. The van der Waals surface area contributed by atoms with E-state index in [0.717, 1.165) is 11.3 Å². The predicted molar refractivity (Wildman–Crippen MR) is 90.6 cm³/mol. The van der Waals surface area contributed by atoms with Gasteiger partial charge in [-0.3, -0.25) is 9.69 Å². The van der Waals surface area contributed by atoms with Crippen LogP contribution in [0.15, 0.2) is 53.6 Å². The van der Waals surface area contributed by atoms with Crippen molar-refractivity contribution in [2.45, 2.75) is 6.54 Å². The van der Waals surface area contributed by atoms with Gasteiger partial charge in [-0.1, -0.05) is 54.3 Å². The van der Waals surface area contributed by atoms with Crippen molar-refractivity contribution in [3.63, 3.8) is 0 Å². The molecule has 2 heterocycles. The average Bonchev–Trinajstić information content (AvgIpc) is 2.99. The van der Waals surface area contributed by atoms with Crippen molar-refractivity contribution in [2.24, 2.45) is 7.05 Å². The summed E-state index contributed by atoms with van der Waals surface area (Å²) < 4.78 is 2.59. The van der Waals surface area contributed by atoms with Crippen LogP contribution in [0.5, 0.6) is 0 Å². The predicted octanol–water partition coefficient (Wildman–Crippen LogP) is 3.43. The summed E-state index contributed by atoms with van der Waals surface area (Å²) in [6.07, 6.45) is 3.85. The van der Waals surface area contributed by atoms with E-state index in [2.05, 4.69) is 0 Å². The van der Waals surface area contributed by atoms with E-state index in [1.165, 1.54) is 11.8 Å². The molecule has 0 saturated carbocycles. The number of amides is 1. The molecule has 0 spiro atoms. The molecule has 1 aromatic heterocycles. The Balaban J connectivity index is 1.83. The number of carbonyl (C=O) groups is 1. The smallest absolute Gasteiger partial charge is 0.266 e. The first-order chi connectivity index (χ1) is 10.1. The van der Waals surface area contributed by atoms with Gasteiger partial charge in [-0.25, -0.2) is 0 Å². The first kappa shape index (κ1) is 14.1. The normalized spacial score (nSPS) is 17.0. The molecule has 3 nitrogen and oxygen atoms in total. The topological polar surface area (TPSA) is 25.2 Å². The van der Waals surface area contributed by atoms with Crippen molar-refractivity contribution in [3.05, 3.63) is 64.8 Å². The Morgan fingerprint density at radius 2 is 1.95 bits per heavy atom. The molecule has 0 atom stereocenters. The maximum Gasteiger partial charge on any atom is 0.266 e. The third kappa shape index (κ3) is 2.94. The molecule has 1 amide bonds. The zero-order valence-corrected chi connectivity index (χ0v) is 13.2. The van der Waals surface area contributed by atoms with Gasteiger partial charge in [0.1, 0.15) is 4.32 Å². The molecular weight excluding hydrogens is 300 g/mol. The molecular formula is C16H14N2OS2. The van der Waals surface area contributed by atoms with Gasteiger partial charge in [0, 0.05) is 18.9 Å². The molecule has 0 bridgehead atoms. The van der Waals surface area contributed by atoms with Crippen molar-refractivity contribution >= 4 is 40.3 Å². The Bertz CT molecular complexity index is 719. The molecule has 1 aliphatic rings. The fourth-order valence-electron chi connectivity index (χ4n) is 2.16. The fourth-order valence-corrected chi connectivity index (χ4v) is 3.40. The van der Waals surface area contributed by atoms with E-state index in [4.69, 9.17) is 12.2 Å². The van der Waals surface area contributed by atoms with Crippen LogP contribution in [0.2, 0.25) is 0 Å². The van der Waals surface area contributed by atoms with Gasteiger partial charge in [0.05, 0.1) is 11.4 Å². The minimum absolute atomic E-state index is 0.0185. The third-order valence-corrected chi connectivity index (χ3v) is 4.70. The Morgan fingerprint density at radius 1 is 1.19 bits per heavy atom. The molecule has 1 saturated heterocycles. The Morgan fingerprint density at radius 3 is 2.62 bits per heavy atom. The number of aryl methyl sites for hydroxylation is 1. The monoisotopic (exact) mass is 314 g/mol. The average molecular weight is 314 g/mol. The molecule has 21 heavy (non-hydrogen) atoms. The van der Waals surface area contributed by atoms with Crippen LogP contribution in [0.25, 0.3) is 6.08 Å². The van der Waals surface area contributed by atoms with Crippen molar-refractivity contribution in [2.75, 3.05) is 0 Å². The van der Waals surface area contributed by atoms with Crippen LogP contribution >= 0.6 is 24.0 Å². The zero-order valence-electron chi connectivity index (χ0n) is 11.5. The first-order valence-corrected chi connectivity index (χ1v) is 7.78. The van der Waals surface area contributed by atoms with Gasteiger partial charge in [-0.05, 0) is 23.8 Å². The zero-order chi connectivity index (χ0) is 14.8. The van der Waals surface area contributed by atoms with Crippen LogP contribution in [-0.2, 0) is 18.4 Å². The summed E-state index contributed by atoms with van der Waals surface area (Å²) in [5, 5.41) is 0. The van der Waals surface area contributed by atoms with E-state index >= 15 is 0 Å². The summed E-state index contributed by atoms with van der Waals surface area (Å²) in [5.74, 6) is -0.0185. The number of hydrogen-bond donors (Lipinski definition) is 0. The minimum atomic E-state index is -0.0185. The number of hydrogen-bond acceptors (Lipinski definition) is 3. The Hall–Kier alpha value is -1.85. The van der Waals surface area contributed by atoms with E-state index in [9.17, 15) is 4.79 Å². The number of thioether (sulfide) groups is 1. The molecule has 106 valence electrons. The molecule has 2 aromatic rings. The van der Waals surface area contributed by atoms with Crippen LogP contribution in [0.3, 0.4) is 0 Å². The summed E-state index contributed by atoms with van der Waals surface area (Å²) in [4.78, 5) is 14.8. The molecule has 0 aliphatic carbocycles. The van der Waals surface area contributed by atoms with Gasteiger partial charge in [-0.2, -0.15) is 0 Å². The number of carbonyl (C=O) groups excluding carboxylic acids is 1. The van der Waals surface area contributed by atoms with E-state index in [-0.39, 0.29) is 5.91 Å². The van der Waals surface area contributed by atoms with Crippen LogP contribution in [0, 0.1) is 0 Å². The second kappa shape index (κ2) is 5.87. The second-order valence-corrected chi connectivity index (χ2v) is 6.47. The molecule has 3 rings (SSSR count). The number of aromatic nitrogens is 1. The van der Waals surface area contributed by atoms with Crippen LogP contribution in [0.4, 0.5) is 0 Å². The summed E-state index contributed by atoms with van der Waals surface area (Å²) in [6.45, 7) is 0.524. The SMILES string of the molecule is Cn1cccc1/C=C1/SC(=S)N(Cc2ccccc2)C1=O. The van der Waals surface area contributed by atoms with Crippen molar-refractivity contribution in [1.82, 2.24) is 9.47 Å². The number of rotatable bonds is 3. The van der Waals surface area contributed by atoms with Gasteiger partial charge in [0.2, 0.25) is 0 Å². The van der Waals surface area contributed by atoms with Gasteiger partial charge in [-0.15, -0.1) is 0 Å². The molecule has 0 N–H and O–H groups in total. The maximum absolute atomic E-state index is 12.5. The van der Waals surface area contributed by atoms with E-state index in [0.29, 0.717) is 15.8 Å². The summed E-state index contributed by atoms with van der Waals surface area (Å²) in [5.41, 5.74) is 2.07. The largest absolute Gasteiger partial charge is 0.351 e. The van der Waals surface area contributed by atoms with Gasteiger partial charge >= 0.3 is 0 Å². The number of nitrogens with zero attached hydrogens (tertiary/aromatic N) is 2. The molecule has 0 radical (unpaired) electrons. The van der Waals surface area contributed by atoms with Gasteiger partial charge in [0.15, 0.2) is 0 Å². The second-order valence-electron chi connectivity index (χ2n) is 4.80. The lowest BCUT2D eigenvalue weighted by Crippen LogP contribution is -2.27. The van der Waals surface area contributed by atoms with Crippen LogP contribution in [-0.4, -0.2) is 19.7 Å². The lowest BCUT2D eigenvalue weighted by molar-refractivity contribution is -0.122. The summed E-state index contributed by atoms with van der Waals surface area (Å²) in [7, 11) is 1.95. The van der Waals surface area contributed by atoms with E-state index in [1.54, 1.807) is 4.90 Å². The highest BCUT2D eigenvalue weighted by molar-refractivity contribution is 8.26. The molecule has 0 unspecified atom stereocenters. The standard InChI is InChI=1S/C16H14N2OS2/c1-17-9-5-8-13(17)10-14-15(19)18(16(20)21-14)11-12-6-3-2-4-7-12/h2-10H,11H2,1H3/b14-10+. The van der Waals surface area contributed by atoms with E-state index in [1.807, 2.05) is 66.4 Å². The summed E-state index contributed by atoms with van der Waals surface area (Å²) in [6, 6.07) is 13.8. The highest BCUT2D eigenvalue weighted by Crippen LogP contribution is 2.33. The van der Waals surface area contributed by atoms with Crippen LogP contribution in [0.1, 0.15) is 11.3 Å². The lowest BCUT2D eigenvalue weighted by atomic mass is 10.2. The van der Waals surface area contributed by atoms with Crippen LogP contribution < -0.4 is 0 Å². The number of thiocarbonyl (C=S) groups is 1. The highest BCUT2D eigenvalue weighted by atomic mass is 32.2. The molecule has 1 fully saturated rings. The fraction of sp³-hybridized carbons (Fsp3) is 0.125. The first-order valence-electron chi connectivity index (χ1n) is 6.56. The van der Waals surface area contributed by atoms with Crippen molar-refractivity contribution in [3.8, 4) is 0 Å². The lowest BCUT2D eigenvalue weighted by Gasteiger charge is -2.14. The third-order valence-electron chi connectivity index (χ3n) is 3.32. The molecule has 5 heteroatoms. The van der Waals surface area contributed by atoms with Crippen molar-refractivity contribution < 1.29 is 4.79 Å². The van der Waals surface area contributed by atoms with E-state index < -0.39 is 0 Å². The molecule has 1 aliphatic heterocycles. The maximum atomic E-state index is 12.5. The Kier molecular flexibility index (Phi) is 3.94. The highest BCUT2D eigenvalue weighted by Gasteiger charge is 2.32. The van der Waals surface area contributed by atoms with Crippen molar-refractivity contribution in [1.29, 1.82) is 0 Å². The minimum Gasteiger partial charge on any atom is -0.351 e. The summed E-state index contributed by atoms with van der Waals surface area (Å²) >= 11 is 6.71. The quantitative estimate of drug-likeness (QED) is 0.641. The Labute approximate surface area is 133 Å². The number of benzene rings is 1. The van der Waals surface area contributed by atoms with Gasteiger partial charge < -0.3 is 4.57 Å². The van der Waals surface area contributed by atoms with Gasteiger partial charge in [0.25, 0.3) is 5.91 Å².